The molecular formula is C16H27NO4. The fourth-order valence-corrected chi connectivity index (χ4v) is 1.88. The third-order valence-corrected chi connectivity index (χ3v) is 2.92. The van der Waals surface area contributed by atoms with Crippen LogP contribution >= 0.6 is 0 Å². The summed E-state index contributed by atoms with van der Waals surface area (Å²) in [4.78, 5) is 0. The molecule has 0 fully saturated rings. The minimum atomic E-state index is -0.179. The second-order valence-corrected chi connectivity index (χ2v) is 4.61. The first-order valence-corrected chi connectivity index (χ1v) is 7.41. The minimum absolute atomic E-state index is 0.179. The summed E-state index contributed by atoms with van der Waals surface area (Å²) in [7, 11) is 1.66. The fourth-order valence-electron chi connectivity index (χ4n) is 1.88. The zero-order valence-corrected chi connectivity index (χ0v) is 13.0. The molecule has 0 heterocycles. The van der Waals surface area contributed by atoms with Crippen LogP contribution < -0.4 is 10.5 Å². The maximum atomic E-state index is 6.15. The van der Waals surface area contributed by atoms with Crippen LogP contribution in [0.4, 0.5) is 0 Å². The zero-order valence-electron chi connectivity index (χ0n) is 13.0. The average molecular weight is 297 g/mol. The maximum Gasteiger partial charge on any atom is 0.124 e. The molecule has 2 N–H and O–H groups in total. The number of ether oxygens (including phenoxy) is 4. The van der Waals surface area contributed by atoms with Crippen molar-refractivity contribution in [3.8, 4) is 5.75 Å². The number of rotatable bonds is 12. The molecule has 0 radical (unpaired) electrons. The van der Waals surface area contributed by atoms with Crippen molar-refractivity contribution in [2.24, 2.45) is 5.73 Å². The number of nitrogens with two attached hydrogens (primary N) is 1. The Hall–Kier alpha value is -1.14. The van der Waals surface area contributed by atoms with E-state index in [2.05, 4.69) is 0 Å². The van der Waals surface area contributed by atoms with Crippen LogP contribution in [0.3, 0.4) is 0 Å². The lowest BCUT2D eigenvalue weighted by molar-refractivity contribution is 0.0490. The lowest BCUT2D eigenvalue weighted by Gasteiger charge is -2.16. The number of benzene rings is 1. The van der Waals surface area contributed by atoms with Gasteiger partial charge < -0.3 is 24.7 Å². The summed E-state index contributed by atoms with van der Waals surface area (Å²) >= 11 is 0. The zero-order chi connectivity index (χ0) is 15.3. The van der Waals surface area contributed by atoms with Crippen LogP contribution in [0.25, 0.3) is 0 Å². The van der Waals surface area contributed by atoms with Crippen LogP contribution in [0.2, 0.25) is 0 Å². The van der Waals surface area contributed by atoms with Crippen molar-refractivity contribution in [3.63, 3.8) is 0 Å². The molecule has 5 heteroatoms. The number of hydrogen-bond acceptors (Lipinski definition) is 5. The van der Waals surface area contributed by atoms with Crippen LogP contribution in [-0.2, 0) is 14.2 Å². The molecule has 0 saturated heterocycles. The Bertz CT molecular complexity index is 373. The SMILES string of the molecule is CCOc1ccccc1C(N)COCCCOCCOC. The highest BCUT2D eigenvalue weighted by molar-refractivity contribution is 5.35. The van der Waals surface area contributed by atoms with Crippen LogP contribution in [0.1, 0.15) is 24.9 Å². The van der Waals surface area contributed by atoms with E-state index in [0.717, 1.165) is 17.7 Å². The van der Waals surface area contributed by atoms with E-state index in [9.17, 15) is 0 Å². The van der Waals surface area contributed by atoms with Gasteiger partial charge in [0.05, 0.1) is 32.5 Å². The van der Waals surface area contributed by atoms with Gasteiger partial charge in [0.15, 0.2) is 0 Å². The van der Waals surface area contributed by atoms with E-state index in [1.54, 1.807) is 7.11 Å². The van der Waals surface area contributed by atoms with E-state index in [1.165, 1.54) is 0 Å². The van der Waals surface area contributed by atoms with Gasteiger partial charge in [0.1, 0.15) is 5.75 Å². The Morgan fingerprint density at radius 2 is 1.81 bits per heavy atom. The van der Waals surface area contributed by atoms with Crippen molar-refractivity contribution in [2.75, 3.05) is 46.8 Å². The maximum absolute atomic E-state index is 6.15. The second kappa shape index (κ2) is 11.5. The number of hydrogen-bond donors (Lipinski definition) is 1. The van der Waals surface area contributed by atoms with Crippen LogP contribution in [-0.4, -0.2) is 46.8 Å². The molecule has 120 valence electrons. The second-order valence-electron chi connectivity index (χ2n) is 4.61. The minimum Gasteiger partial charge on any atom is -0.494 e. The molecule has 0 aliphatic rings. The number of para-hydroxylation sites is 1. The molecule has 1 aromatic rings. The Balaban J connectivity index is 2.20. The highest BCUT2D eigenvalue weighted by atomic mass is 16.5. The van der Waals surface area contributed by atoms with Gasteiger partial charge in [0.25, 0.3) is 0 Å². The molecule has 0 spiro atoms. The molecule has 1 aromatic carbocycles. The fraction of sp³-hybridized carbons (Fsp3) is 0.625. The first-order chi connectivity index (χ1) is 10.3. The van der Waals surface area contributed by atoms with E-state index in [4.69, 9.17) is 24.7 Å². The van der Waals surface area contributed by atoms with E-state index in [0.29, 0.717) is 39.6 Å². The van der Waals surface area contributed by atoms with E-state index in [1.807, 2.05) is 31.2 Å². The van der Waals surface area contributed by atoms with Gasteiger partial charge in [0, 0.05) is 25.9 Å². The van der Waals surface area contributed by atoms with Gasteiger partial charge in [0.2, 0.25) is 0 Å². The Labute approximate surface area is 127 Å². The lowest BCUT2D eigenvalue weighted by atomic mass is 10.1. The summed E-state index contributed by atoms with van der Waals surface area (Å²) in [6, 6.07) is 7.64. The summed E-state index contributed by atoms with van der Waals surface area (Å²) in [6.07, 6.45) is 0.851. The van der Waals surface area contributed by atoms with Crippen molar-refractivity contribution in [1.82, 2.24) is 0 Å². The smallest absolute Gasteiger partial charge is 0.124 e. The van der Waals surface area contributed by atoms with Gasteiger partial charge in [-0.1, -0.05) is 18.2 Å². The number of methoxy groups -OCH3 is 1. The summed E-state index contributed by atoms with van der Waals surface area (Å²) in [5.41, 5.74) is 7.14. The van der Waals surface area contributed by atoms with Gasteiger partial charge in [-0.25, -0.2) is 0 Å². The molecule has 5 nitrogen and oxygen atoms in total. The van der Waals surface area contributed by atoms with Crippen molar-refractivity contribution in [3.05, 3.63) is 29.8 Å². The summed E-state index contributed by atoms with van der Waals surface area (Å²) < 4.78 is 21.4. The van der Waals surface area contributed by atoms with Crippen LogP contribution in [0, 0.1) is 0 Å². The van der Waals surface area contributed by atoms with E-state index in [-0.39, 0.29) is 6.04 Å². The highest BCUT2D eigenvalue weighted by Gasteiger charge is 2.11. The lowest BCUT2D eigenvalue weighted by Crippen LogP contribution is -2.19. The van der Waals surface area contributed by atoms with E-state index < -0.39 is 0 Å². The predicted molar refractivity (Wildman–Crippen MR) is 82.7 cm³/mol. The topological polar surface area (TPSA) is 62.9 Å². The molecular weight excluding hydrogens is 270 g/mol. The van der Waals surface area contributed by atoms with Gasteiger partial charge in [-0.2, -0.15) is 0 Å². The van der Waals surface area contributed by atoms with E-state index >= 15 is 0 Å². The van der Waals surface area contributed by atoms with Crippen molar-refractivity contribution < 1.29 is 18.9 Å². The molecule has 1 unspecified atom stereocenters. The first-order valence-electron chi connectivity index (χ1n) is 7.41. The van der Waals surface area contributed by atoms with Gasteiger partial charge >= 0.3 is 0 Å². The van der Waals surface area contributed by atoms with Gasteiger partial charge in [-0.05, 0) is 19.4 Å². The Morgan fingerprint density at radius 3 is 2.57 bits per heavy atom. The molecule has 0 amide bonds. The normalized spacial score (nSPS) is 12.3. The standard InChI is InChI=1S/C16H27NO4/c1-3-21-16-8-5-4-7-14(16)15(17)13-20-10-6-9-19-12-11-18-2/h4-5,7-8,15H,3,6,9-13,17H2,1-2H3. The van der Waals surface area contributed by atoms with Crippen LogP contribution in [0.5, 0.6) is 5.75 Å². The summed E-state index contributed by atoms with van der Waals surface area (Å²) in [6.45, 7) is 5.62. The van der Waals surface area contributed by atoms with Gasteiger partial charge in [-0.3, -0.25) is 0 Å². The first kappa shape index (κ1) is 17.9. The quantitative estimate of drug-likeness (QED) is 0.599. The third kappa shape index (κ3) is 7.43. The molecule has 0 aliphatic heterocycles. The Kier molecular flexibility index (Phi) is 9.82. The molecule has 0 aliphatic carbocycles. The van der Waals surface area contributed by atoms with Crippen molar-refractivity contribution in [2.45, 2.75) is 19.4 Å². The predicted octanol–water partition coefficient (Wildman–Crippen LogP) is 2.15. The molecule has 1 atom stereocenters. The van der Waals surface area contributed by atoms with Crippen LogP contribution in [0.15, 0.2) is 24.3 Å². The third-order valence-electron chi connectivity index (χ3n) is 2.92. The summed E-state index contributed by atoms with van der Waals surface area (Å²) in [5.74, 6) is 0.832. The largest absolute Gasteiger partial charge is 0.494 e. The molecule has 0 aromatic heterocycles. The highest BCUT2D eigenvalue weighted by Crippen LogP contribution is 2.23. The molecule has 21 heavy (non-hydrogen) atoms. The van der Waals surface area contributed by atoms with Crippen molar-refractivity contribution in [1.29, 1.82) is 0 Å². The molecule has 0 saturated carbocycles. The monoisotopic (exact) mass is 297 g/mol. The summed E-state index contributed by atoms with van der Waals surface area (Å²) in [5, 5.41) is 0. The van der Waals surface area contributed by atoms with Gasteiger partial charge in [-0.15, -0.1) is 0 Å². The molecule has 1 rings (SSSR count). The Morgan fingerprint density at radius 1 is 1.05 bits per heavy atom. The van der Waals surface area contributed by atoms with Crippen molar-refractivity contribution >= 4 is 0 Å². The molecule has 0 bridgehead atoms. The average Bonchev–Trinajstić information content (AvgIpc) is 2.50.